The van der Waals surface area contributed by atoms with Gasteiger partial charge in [0.1, 0.15) is 0 Å². The molecule has 4 rings (SSSR count). The summed E-state index contributed by atoms with van der Waals surface area (Å²) in [6.45, 7) is 4.88. The van der Waals surface area contributed by atoms with Gasteiger partial charge in [-0.05, 0) is 34.9 Å². The van der Waals surface area contributed by atoms with E-state index < -0.39 is 14.9 Å². The molecule has 3 aliphatic rings. The number of nitrogens with one attached hydrogen (secondary N) is 1. The van der Waals surface area contributed by atoms with E-state index in [2.05, 4.69) is 29.6 Å². The van der Waals surface area contributed by atoms with Gasteiger partial charge in [0.25, 0.3) is 0 Å². The molecule has 0 bridgehead atoms. The van der Waals surface area contributed by atoms with Crippen molar-refractivity contribution in [2.75, 3.05) is 31.7 Å². The molecule has 1 N–H and O–H groups in total. The summed E-state index contributed by atoms with van der Waals surface area (Å²) in [4.78, 5) is 42.1. The number of alkyl halides is 3. The van der Waals surface area contributed by atoms with Gasteiger partial charge in [-0.15, -0.1) is 0 Å². The molecule has 182 valence electrons. The zero-order valence-corrected chi connectivity index (χ0v) is 23.9. The number of nitrogens with zero attached hydrogens (tertiary/aromatic N) is 2. The summed E-state index contributed by atoms with van der Waals surface area (Å²) in [7, 11) is 3.22. The molecular weight excluding hydrogens is 648 g/mol. The Morgan fingerprint density at radius 1 is 1.27 bits per heavy atom. The van der Waals surface area contributed by atoms with Gasteiger partial charge in [0, 0.05) is 0 Å². The smallest absolute Gasteiger partial charge is 0.342 e. The predicted octanol–water partition coefficient (Wildman–Crippen LogP) is 0.486. The summed E-state index contributed by atoms with van der Waals surface area (Å²) in [6, 6.07) is 8.64. The van der Waals surface area contributed by atoms with Crippen LogP contribution in [-0.2, 0) is 14.3 Å². The monoisotopic (exact) mass is 680 g/mol. The molecule has 0 aromatic heterocycles. The summed E-state index contributed by atoms with van der Waals surface area (Å²) in [5.74, 6) is -0.369. The SMILES string of the molecule is CC[C@H](C)[C@](I)(NC(=O)N1CCC2(CC1)C(=O)N(C)C2c1ccc(C2C[I-]2)cc1)C(=O)OC. The van der Waals surface area contributed by atoms with Gasteiger partial charge in [0.2, 0.25) is 0 Å². The van der Waals surface area contributed by atoms with Crippen LogP contribution in [0.5, 0.6) is 0 Å². The topological polar surface area (TPSA) is 79.0 Å². The maximum atomic E-state index is 13.1. The average molecular weight is 680 g/mol. The van der Waals surface area contributed by atoms with Crippen molar-refractivity contribution < 1.29 is 40.3 Å². The van der Waals surface area contributed by atoms with Crippen molar-refractivity contribution in [3.05, 3.63) is 35.4 Å². The summed E-state index contributed by atoms with van der Waals surface area (Å²) >= 11 is 2.37. The van der Waals surface area contributed by atoms with E-state index in [-0.39, 0.29) is 23.9 Å². The normalized spacial score (nSPS) is 26.5. The molecule has 3 aliphatic heterocycles. The van der Waals surface area contributed by atoms with E-state index in [4.69, 9.17) is 4.74 Å². The molecule has 1 aromatic carbocycles. The second-order valence-corrected chi connectivity index (χ2v) is 14.3. The molecule has 3 saturated heterocycles. The fraction of sp³-hybridized carbons (Fsp3) is 0.625. The minimum Gasteiger partial charge on any atom is -0.467 e. The molecular formula is C24H32I2N3O4-. The fourth-order valence-electron chi connectivity index (χ4n) is 5.18. The number of β-lactam (4-membered cyclic amide) rings is 1. The quantitative estimate of drug-likeness (QED) is 0.156. The van der Waals surface area contributed by atoms with Crippen LogP contribution < -0.4 is 26.5 Å². The van der Waals surface area contributed by atoms with Crippen LogP contribution in [0.3, 0.4) is 0 Å². The number of ether oxygens (including phenoxy) is 1. The van der Waals surface area contributed by atoms with Gasteiger partial charge < -0.3 is 4.74 Å². The van der Waals surface area contributed by atoms with Gasteiger partial charge in [-0.25, -0.2) is 4.79 Å². The molecule has 2 unspecified atom stereocenters. The number of carbonyl (C=O) groups is 3. The molecule has 1 aromatic rings. The molecule has 3 heterocycles. The fourth-order valence-corrected chi connectivity index (χ4v) is 7.76. The Balaban J connectivity index is 1.44. The van der Waals surface area contributed by atoms with Gasteiger partial charge in [-0.2, -0.15) is 0 Å². The predicted molar refractivity (Wildman–Crippen MR) is 130 cm³/mol. The zero-order chi connectivity index (χ0) is 24.0. The van der Waals surface area contributed by atoms with E-state index in [1.165, 1.54) is 22.7 Å². The Morgan fingerprint density at radius 3 is 2.36 bits per heavy atom. The number of hydrogen-bond acceptors (Lipinski definition) is 4. The van der Waals surface area contributed by atoms with E-state index in [0.29, 0.717) is 47.1 Å². The number of rotatable bonds is 6. The minimum absolute atomic E-state index is 0.0528. The van der Waals surface area contributed by atoms with E-state index in [1.54, 1.807) is 4.90 Å². The van der Waals surface area contributed by atoms with Gasteiger partial charge in [0.15, 0.2) is 3.55 Å². The third kappa shape index (κ3) is 4.36. The molecule has 9 heteroatoms. The van der Waals surface area contributed by atoms with Crippen molar-refractivity contribution in [2.24, 2.45) is 11.3 Å². The second-order valence-electron chi connectivity index (χ2n) is 9.35. The molecule has 1 spiro atoms. The molecule has 0 radical (unpaired) electrons. The van der Waals surface area contributed by atoms with Crippen LogP contribution in [0.2, 0.25) is 0 Å². The summed E-state index contributed by atoms with van der Waals surface area (Å²) in [6.07, 6.45) is 1.98. The van der Waals surface area contributed by atoms with Crippen LogP contribution in [0, 0.1) is 11.3 Å². The van der Waals surface area contributed by atoms with Gasteiger partial charge in [0.05, 0.1) is 7.11 Å². The van der Waals surface area contributed by atoms with Crippen molar-refractivity contribution in [1.29, 1.82) is 0 Å². The number of amides is 3. The first kappa shape index (κ1) is 25.0. The van der Waals surface area contributed by atoms with Crippen LogP contribution >= 0.6 is 22.6 Å². The number of benzene rings is 1. The first-order chi connectivity index (χ1) is 15.7. The Morgan fingerprint density at radius 2 is 1.85 bits per heavy atom. The molecule has 0 saturated carbocycles. The first-order valence-electron chi connectivity index (χ1n) is 11.5. The van der Waals surface area contributed by atoms with E-state index in [1.807, 2.05) is 48.4 Å². The third-order valence-corrected chi connectivity index (χ3v) is 11.8. The van der Waals surface area contributed by atoms with Crippen LogP contribution in [0.1, 0.15) is 54.2 Å². The minimum atomic E-state index is -1.12. The van der Waals surface area contributed by atoms with E-state index in [0.717, 1.165) is 10.3 Å². The third-order valence-electron chi connectivity index (χ3n) is 7.59. The Kier molecular flexibility index (Phi) is 7.20. The molecule has 33 heavy (non-hydrogen) atoms. The number of urea groups is 1. The maximum absolute atomic E-state index is 13.1. The number of halogens is 2. The second kappa shape index (κ2) is 9.50. The number of hydrogen-bond donors (Lipinski definition) is 1. The molecule has 3 amide bonds. The standard InChI is InChI=1S/C24H32I2N3O4/c1-5-15(2)24(25,21(31)33-4)27-22(32)29-12-10-23(11-13-29)19(28(3)20(23)30)17-8-6-16(7-9-17)18-14-26-18/h6-9,15,18-19H,5,10-14H2,1-4H3,(H,27,32)/q-1/t15-,18?,19?,24-/m0/s1. The molecule has 3 fully saturated rings. The Bertz CT molecular complexity index is 928. The van der Waals surface area contributed by atoms with Crippen molar-refractivity contribution in [3.63, 3.8) is 0 Å². The van der Waals surface area contributed by atoms with Gasteiger partial charge in [-0.3, -0.25) is 0 Å². The number of likely N-dealkylation sites (tertiary alicyclic amines) is 2. The molecule has 0 aliphatic carbocycles. The van der Waals surface area contributed by atoms with Gasteiger partial charge >= 0.3 is 152 Å². The average Bonchev–Trinajstić information content (AvgIpc) is 3.69. The van der Waals surface area contributed by atoms with E-state index >= 15 is 0 Å². The number of esters is 1. The summed E-state index contributed by atoms with van der Waals surface area (Å²) in [5, 5.41) is 2.92. The van der Waals surface area contributed by atoms with Crippen molar-refractivity contribution >= 4 is 40.5 Å². The molecule has 7 nitrogen and oxygen atoms in total. The summed E-state index contributed by atoms with van der Waals surface area (Å²) < 4.78 is 6.06. The Hall–Kier alpha value is -1.11. The first-order valence-corrected chi connectivity index (χ1v) is 15.3. The van der Waals surface area contributed by atoms with Crippen LogP contribution in [0.25, 0.3) is 0 Å². The number of piperidine rings is 1. The van der Waals surface area contributed by atoms with Crippen LogP contribution in [0.4, 0.5) is 4.79 Å². The van der Waals surface area contributed by atoms with Crippen LogP contribution in [-0.4, -0.2) is 62.9 Å². The van der Waals surface area contributed by atoms with E-state index in [9.17, 15) is 14.4 Å². The number of methoxy groups -OCH3 is 1. The largest absolute Gasteiger partial charge is 0.467 e. The Labute approximate surface area is 219 Å². The van der Waals surface area contributed by atoms with Crippen molar-refractivity contribution in [3.8, 4) is 0 Å². The van der Waals surface area contributed by atoms with Crippen LogP contribution in [0.15, 0.2) is 24.3 Å². The van der Waals surface area contributed by atoms with Gasteiger partial charge in [-0.1, -0.05) is 13.8 Å². The van der Waals surface area contributed by atoms with Crippen molar-refractivity contribution in [2.45, 2.75) is 46.6 Å². The maximum Gasteiger partial charge on any atom is 0.342 e. The van der Waals surface area contributed by atoms with Crippen molar-refractivity contribution in [1.82, 2.24) is 15.1 Å². The molecule has 4 atom stereocenters. The number of carbonyl (C=O) groups excluding carboxylic acids is 3. The summed E-state index contributed by atoms with van der Waals surface area (Å²) in [5.41, 5.74) is 2.18. The zero-order valence-electron chi connectivity index (χ0n) is 19.6.